The summed E-state index contributed by atoms with van der Waals surface area (Å²) in [5.41, 5.74) is 4.10. The Morgan fingerprint density at radius 2 is 1.79 bits per heavy atom. The normalized spacial score (nSPS) is 18.6. The van der Waals surface area contributed by atoms with Crippen LogP contribution < -0.4 is 14.9 Å². The Kier molecular flexibility index (Phi) is 12.7. The number of ether oxygens (including phenoxy) is 1. The smallest absolute Gasteiger partial charge is 0.293 e. The van der Waals surface area contributed by atoms with Gasteiger partial charge in [-0.15, -0.1) is 0 Å². The number of allylic oxidation sites excluding steroid dienone is 1. The molecule has 2 fully saturated rings. The Labute approximate surface area is 372 Å². The van der Waals surface area contributed by atoms with Gasteiger partial charge in [-0.25, -0.2) is 18.1 Å². The highest BCUT2D eigenvalue weighted by atomic mass is 35.5. The quantitative estimate of drug-likeness (QED) is 0.0662. The molecule has 1 atom stereocenters. The van der Waals surface area contributed by atoms with Crippen molar-refractivity contribution in [1.29, 1.82) is 0 Å². The molecular formula is C47H54ClN7O7S. The number of nitrogens with zero attached hydrogens (tertiary/aromatic N) is 4. The van der Waals surface area contributed by atoms with E-state index in [1.807, 2.05) is 18.2 Å². The number of aromatic amines is 1. The van der Waals surface area contributed by atoms with Crippen molar-refractivity contribution in [3.05, 3.63) is 128 Å². The Morgan fingerprint density at radius 3 is 2.52 bits per heavy atom. The largest absolute Gasteiger partial charge is 0.381 e. The number of halogens is 1. The summed E-state index contributed by atoms with van der Waals surface area (Å²) in [4.78, 5) is 37.4. The summed E-state index contributed by atoms with van der Waals surface area (Å²) in [5, 5.41) is 29.1. The molecule has 4 heterocycles. The van der Waals surface area contributed by atoms with Gasteiger partial charge >= 0.3 is 0 Å². The fourth-order valence-corrected chi connectivity index (χ4v) is 10.1. The molecule has 5 aromatic rings. The van der Waals surface area contributed by atoms with Crippen LogP contribution in [0.15, 0.2) is 95.7 Å². The Bertz CT molecular complexity index is 2650. The average Bonchev–Trinajstić information content (AvgIpc) is 3.75. The van der Waals surface area contributed by atoms with Crippen molar-refractivity contribution in [3.63, 3.8) is 0 Å². The number of sulfonamides is 1. The lowest BCUT2D eigenvalue weighted by Gasteiger charge is -2.39. The van der Waals surface area contributed by atoms with Crippen LogP contribution in [0.4, 0.5) is 17.1 Å². The lowest BCUT2D eigenvalue weighted by molar-refractivity contribution is -0.384. The maximum atomic E-state index is 14.2. The number of nitro groups is 1. The number of aromatic nitrogens is 2. The summed E-state index contributed by atoms with van der Waals surface area (Å²) in [6.07, 6.45) is 8.05. The van der Waals surface area contributed by atoms with Gasteiger partial charge in [0.25, 0.3) is 21.6 Å². The number of carbonyl (C=O) groups is 1. The minimum absolute atomic E-state index is 0.0775. The van der Waals surface area contributed by atoms with Crippen molar-refractivity contribution < 1.29 is 28.0 Å². The Balaban J connectivity index is 1.04. The molecule has 0 saturated carbocycles. The van der Waals surface area contributed by atoms with E-state index in [4.69, 9.17) is 16.3 Å². The van der Waals surface area contributed by atoms with Gasteiger partial charge in [0, 0.05) is 104 Å². The number of carbonyl (C=O) groups excluding carboxylic acids is 1. The SMILES string of the molecule is CC1(C)CCC(CN2CCN(c3ccc(C(=O)NS(=O)(=O)c4ccc(NCC5CCOCC5)c([N+](=O)[O-])c4)c(C(C)(O)c4cnc5[nH]ccc5c4)c3)CC2)=C(c2ccc(Cl)cc2)C1. The minimum atomic E-state index is -4.62. The van der Waals surface area contributed by atoms with E-state index in [-0.39, 0.29) is 28.1 Å². The zero-order valence-electron chi connectivity index (χ0n) is 35.8. The van der Waals surface area contributed by atoms with E-state index in [2.05, 4.69) is 55.8 Å². The van der Waals surface area contributed by atoms with Crippen LogP contribution in [0.25, 0.3) is 16.6 Å². The van der Waals surface area contributed by atoms with Gasteiger partial charge in [0.05, 0.1) is 9.82 Å². The first kappa shape index (κ1) is 44.3. The summed E-state index contributed by atoms with van der Waals surface area (Å²) >= 11 is 6.25. The van der Waals surface area contributed by atoms with Gasteiger partial charge in [-0.1, -0.05) is 43.2 Å². The van der Waals surface area contributed by atoms with Gasteiger partial charge in [0.2, 0.25) is 0 Å². The summed E-state index contributed by atoms with van der Waals surface area (Å²) in [5.74, 6) is -0.738. The molecule has 3 aliphatic rings. The van der Waals surface area contributed by atoms with Crippen LogP contribution in [-0.4, -0.2) is 91.7 Å². The Morgan fingerprint density at radius 1 is 1.05 bits per heavy atom. The monoisotopic (exact) mass is 895 g/mol. The molecule has 0 bridgehead atoms. The number of nitrogens with one attached hydrogen (secondary N) is 3. The topological polar surface area (TPSA) is 183 Å². The lowest BCUT2D eigenvalue weighted by Crippen LogP contribution is -2.47. The molecule has 2 aliphatic heterocycles. The third-order valence-electron chi connectivity index (χ3n) is 12.9. The molecule has 2 saturated heterocycles. The molecule has 1 unspecified atom stereocenters. The van der Waals surface area contributed by atoms with Crippen LogP contribution in [0, 0.1) is 21.4 Å². The molecule has 0 spiro atoms. The number of fused-ring (bicyclic) bond motifs is 1. The van der Waals surface area contributed by atoms with Crippen molar-refractivity contribution in [2.24, 2.45) is 11.3 Å². The lowest BCUT2D eigenvalue weighted by atomic mass is 9.72. The first-order valence-corrected chi connectivity index (χ1v) is 23.3. The first-order valence-electron chi connectivity index (χ1n) is 21.5. The fourth-order valence-electron chi connectivity index (χ4n) is 9.01. The molecule has 2 aromatic heterocycles. The number of amides is 1. The second-order valence-electron chi connectivity index (χ2n) is 17.9. The summed E-state index contributed by atoms with van der Waals surface area (Å²) in [7, 11) is -4.62. The Hall–Kier alpha value is -5.32. The second-order valence-corrected chi connectivity index (χ2v) is 20.1. The third-order valence-corrected chi connectivity index (χ3v) is 14.5. The predicted octanol–water partition coefficient (Wildman–Crippen LogP) is 8.12. The van der Waals surface area contributed by atoms with Crippen molar-refractivity contribution in [3.8, 4) is 0 Å². The maximum Gasteiger partial charge on any atom is 0.293 e. The minimum Gasteiger partial charge on any atom is -0.381 e. The van der Waals surface area contributed by atoms with Crippen LogP contribution in [-0.2, 0) is 20.4 Å². The number of pyridine rings is 1. The number of piperazine rings is 1. The number of anilines is 2. The zero-order valence-corrected chi connectivity index (χ0v) is 37.4. The number of benzene rings is 3. The first-order chi connectivity index (χ1) is 30.1. The molecule has 1 aliphatic carbocycles. The predicted molar refractivity (Wildman–Crippen MR) is 246 cm³/mol. The van der Waals surface area contributed by atoms with Crippen LogP contribution in [0.2, 0.25) is 5.02 Å². The van der Waals surface area contributed by atoms with Crippen molar-refractivity contribution in [1.82, 2.24) is 19.6 Å². The highest BCUT2D eigenvalue weighted by Gasteiger charge is 2.35. The van der Waals surface area contributed by atoms with E-state index in [1.165, 1.54) is 41.1 Å². The molecule has 63 heavy (non-hydrogen) atoms. The average molecular weight is 897 g/mol. The fraction of sp³-hybridized carbons (Fsp3) is 0.404. The zero-order chi connectivity index (χ0) is 44.5. The molecule has 0 radical (unpaired) electrons. The third kappa shape index (κ3) is 9.92. The number of hydrogen-bond donors (Lipinski definition) is 4. The van der Waals surface area contributed by atoms with Crippen molar-refractivity contribution >= 4 is 61.2 Å². The highest BCUT2D eigenvalue weighted by Crippen LogP contribution is 2.44. The summed E-state index contributed by atoms with van der Waals surface area (Å²) in [6, 6.07) is 20.3. The second kappa shape index (κ2) is 18.0. The molecule has 1 amide bonds. The molecule has 3 aromatic carbocycles. The van der Waals surface area contributed by atoms with Gasteiger partial charge in [-0.05, 0) is 116 Å². The number of aliphatic hydroxyl groups is 1. The van der Waals surface area contributed by atoms with Crippen LogP contribution in [0.3, 0.4) is 0 Å². The van der Waals surface area contributed by atoms with E-state index >= 15 is 0 Å². The number of rotatable bonds is 13. The standard InChI is InChI=1S/C47H54ClN7O7S/c1-46(2)16-12-34(40(27-46)32-4-6-36(48)7-5-32)30-53-18-20-54(21-19-53)37-8-10-39(41(25-37)47(3,57)35-24-33-13-17-49-44(33)51-29-35)45(56)52-63(60,61)38-9-11-42(43(26-38)55(58)59)50-28-31-14-22-62-23-15-31/h4-11,13,17,24-26,29,31,50,57H,12,14-16,18-23,27-28,30H2,1-3H3,(H,49,51)(H,52,56). The van der Waals surface area contributed by atoms with Gasteiger partial charge in [0.15, 0.2) is 0 Å². The van der Waals surface area contributed by atoms with E-state index in [9.17, 15) is 28.4 Å². The van der Waals surface area contributed by atoms with E-state index in [1.54, 1.807) is 31.3 Å². The molecule has 16 heteroatoms. The van der Waals surface area contributed by atoms with Gasteiger partial charge in [-0.3, -0.25) is 19.8 Å². The van der Waals surface area contributed by atoms with Gasteiger partial charge in [0.1, 0.15) is 16.9 Å². The van der Waals surface area contributed by atoms with Crippen LogP contribution >= 0.6 is 11.6 Å². The summed E-state index contributed by atoms with van der Waals surface area (Å²) in [6.45, 7) is 11.7. The van der Waals surface area contributed by atoms with Crippen LogP contribution in [0.5, 0.6) is 0 Å². The molecule has 332 valence electrons. The van der Waals surface area contributed by atoms with Crippen LogP contribution in [0.1, 0.15) is 79.9 Å². The van der Waals surface area contributed by atoms with E-state index in [0.29, 0.717) is 44.1 Å². The molecule has 4 N–H and O–H groups in total. The van der Waals surface area contributed by atoms with E-state index in [0.717, 1.165) is 73.9 Å². The summed E-state index contributed by atoms with van der Waals surface area (Å²) < 4.78 is 35.1. The number of H-pyrrole nitrogens is 1. The maximum absolute atomic E-state index is 14.2. The molecule has 8 rings (SSSR count). The van der Waals surface area contributed by atoms with Crippen molar-refractivity contribution in [2.75, 3.05) is 62.7 Å². The molecule has 14 nitrogen and oxygen atoms in total. The van der Waals surface area contributed by atoms with Crippen molar-refractivity contribution in [2.45, 2.75) is 63.4 Å². The van der Waals surface area contributed by atoms with Gasteiger partial charge < -0.3 is 25.0 Å². The number of hydrogen-bond acceptors (Lipinski definition) is 11. The van der Waals surface area contributed by atoms with Gasteiger partial charge in [-0.2, -0.15) is 0 Å². The highest BCUT2D eigenvalue weighted by molar-refractivity contribution is 7.90. The van der Waals surface area contributed by atoms with E-state index < -0.39 is 37.0 Å². The molecular weight excluding hydrogens is 842 g/mol. The number of nitro benzene ring substituents is 1.